The van der Waals surface area contributed by atoms with E-state index in [9.17, 15) is 4.79 Å². The monoisotopic (exact) mass is 507 g/mol. The topological polar surface area (TPSA) is 139 Å². The molecule has 0 aliphatic carbocycles. The zero-order chi connectivity index (χ0) is 25.3. The van der Waals surface area contributed by atoms with Crippen LogP contribution in [0.1, 0.15) is 66.1 Å². The highest BCUT2D eigenvalue weighted by Crippen LogP contribution is 2.29. The summed E-state index contributed by atoms with van der Waals surface area (Å²) in [5, 5.41) is 5.16. The predicted molar refractivity (Wildman–Crippen MR) is 131 cm³/mol. The van der Waals surface area contributed by atoms with Crippen molar-refractivity contribution >= 4 is 34.6 Å². The Kier molecular flexibility index (Phi) is 7.44. The van der Waals surface area contributed by atoms with Gasteiger partial charge in [0.15, 0.2) is 5.69 Å². The summed E-state index contributed by atoms with van der Waals surface area (Å²) < 4.78 is 22.7. The Bertz CT molecular complexity index is 1160. The van der Waals surface area contributed by atoms with E-state index in [0.717, 1.165) is 0 Å². The number of aromatic nitrogens is 3. The Morgan fingerprint density at radius 1 is 1.09 bits per heavy atom. The summed E-state index contributed by atoms with van der Waals surface area (Å²) in [6.07, 6.45) is 1.78. The van der Waals surface area contributed by atoms with Gasteiger partial charge in [0.1, 0.15) is 45.6 Å². The molecule has 3 aromatic rings. The number of thiocarbonyl (C=S) groups is 1. The molecule has 0 bridgehead atoms. The van der Waals surface area contributed by atoms with E-state index in [0.29, 0.717) is 22.1 Å². The van der Waals surface area contributed by atoms with Crippen LogP contribution < -0.4 is 11.1 Å². The zero-order valence-electron chi connectivity index (χ0n) is 20.2. The molecule has 3 N–H and O–H groups in total. The molecule has 0 aliphatic heterocycles. The fourth-order valence-corrected chi connectivity index (χ4v) is 3.91. The van der Waals surface area contributed by atoms with Gasteiger partial charge in [0, 0.05) is 5.38 Å². The number of ether oxygens (including phenoxy) is 2. The van der Waals surface area contributed by atoms with Gasteiger partial charge in [-0.15, -0.1) is 11.3 Å². The number of thiazole rings is 1. The number of rotatable bonds is 7. The lowest BCUT2D eigenvalue weighted by Gasteiger charge is -2.30. The van der Waals surface area contributed by atoms with Gasteiger partial charge in [-0.05, 0) is 48.5 Å². The summed E-state index contributed by atoms with van der Waals surface area (Å²) in [6, 6.07) is -0.718. The summed E-state index contributed by atoms with van der Waals surface area (Å²) in [7, 11) is 0. The molecule has 0 aliphatic rings. The van der Waals surface area contributed by atoms with Crippen molar-refractivity contribution in [3.05, 3.63) is 29.5 Å². The second-order valence-electron chi connectivity index (χ2n) is 9.57. The molecule has 184 valence electrons. The number of hydrogen-bond acceptors (Lipinski definition) is 10. The molecule has 1 amide bonds. The number of hydrogen-bond donors (Lipinski definition) is 2. The van der Waals surface area contributed by atoms with Crippen molar-refractivity contribution in [1.82, 2.24) is 20.3 Å². The summed E-state index contributed by atoms with van der Waals surface area (Å²) >= 11 is 6.30. The van der Waals surface area contributed by atoms with Crippen LogP contribution in [0.3, 0.4) is 0 Å². The summed E-state index contributed by atoms with van der Waals surface area (Å²) in [6.45, 7) is 12.9. The largest absolute Gasteiger partial charge is 0.446 e. The summed E-state index contributed by atoms with van der Waals surface area (Å²) in [5.41, 5.74) is 5.89. The molecular weight excluding hydrogens is 478 g/mol. The molecule has 3 rings (SSSR count). The number of oxazole rings is 2. The molecular formula is C22H29N5O5S2. The molecule has 0 unspecified atom stereocenters. The lowest BCUT2D eigenvalue weighted by Crippen LogP contribution is -2.42. The predicted octanol–water partition coefficient (Wildman–Crippen LogP) is 4.86. The van der Waals surface area contributed by atoms with Crippen molar-refractivity contribution in [2.45, 2.75) is 71.8 Å². The first-order valence-corrected chi connectivity index (χ1v) is 11.8. The Morgan fingerprint density at radius 2 is 1.76 bits per heavy atom. The zero-order valence-corrected chi connectivity index (χ0v) is 21.8. The smallest absolute Gasteiger partial charge is 0.408 e. The van der Waals surface area contributed by atoms with E-state index in [-0.39, 0.29) is 16.8 Å². The fourth-order valence-electron chi connectivity index (χ4n) is 2.96. The van der Waals surface area contributed by atoms with E-state index < -0.39 is 29.4 Å². The number of amides is 1. The number of alkyl carbamates (subject to hydrolysis) is 1. The standard InChI is InChI=1S/C22H29N5O5S2/c1-11(31-21(2,3)4)15(27-20(28)32-22(5,6)7)18-24-12(8-30-18)17-25-13(9-29-17)19-26-14(10-34-19)16(23)33/h8-11,15H,1-7H3,(H2,23,33)(H,27,28)/t11-,15+/m1/s1. The second-order valence-corrected chi connectivity index (χ2v) is 10.9. The Hall–Kier alpha value is -2.83. The van der Waals surface area contributed by atoms with Gasteiger partial charge in [-0.1, -0.05) is 12.2 Å². The van der Waals surface area contributed by atoms with Gasteiger partial charge in [-0.3, -0.25) is 0 Å². The van der Waals surface area contributed by atoms with Crippen molar-refractivity contribution in [1.29, 1.82) is 0 Å². The van der Waals surface area contributed by atoms with Crippen LogP contribution in [0, 0.1) is 0 Å². The Labute approximate surface area is 207 Å². The third-order valence-corrected chi connectivity index (χ3v) is 5.24. The van der Waals surface area contributed by atoms with Crippen LogP contribution in [0.4, 0.5) is 4.79 Å². The van der Waals surface area contributed by atoms with Crippen molar-refractivity contribution in [2.75, 3.05) is 0 Å². The van der Waals surface area contributed by atoms with Crippen LogP contribution in [0.2, 0.25) is 0 Å². The molecule has 0 saturated heterocycles. The van der Waals surface area contributed by atoms with E-state index in [1.54, 1.807) is 26.2 Å². The first kappa shape index (κ1) is 25.8. The molecule has 2 atom stereocenters. The average molecular weight is 508 g/mol. The molecule has 0 spiro atoms. The molecule has 0 aromatic carbocycles. The Morgan fingerprint density at radius 3 is 2.35 bits per heavy atom. The molecule has 3 aromatic heterocycles. The third-order valence-electron chi connectivity index (χ3n) is 4.17. The quantitative estimate of drug-likeness (QED) is 0.426. The molecule has 34 heavy (non-hydrogen) atoms. The lowest BCUT2D eigenvalue weighted by atomic mass is 10.1. The van der Waals surface area contributed by atoms with E-state index in [1.807, 2.05) is 27.7 Å². The van der Waals surface area contributed by atoms with Gasteiger partial charge < -0.3 is 29.4 Å². The Balaban J connectivity index is 1.84. The number of nitrogens with two attached hydrogens (primary N) is 1. The minimum atomic E-state index is -0.718. The average Bonchev–Trinajstić information content (AvgIpc) is 3.42. The molecule has 0 radical (unpaired) electrons. The van der Waals surface area contributed by atoms with Crippen molar-refractivity contribution in [2.24, 2.45) is 5.73 Å². The van der Waals surface area contributed by atoms with E-state index in [1.165, 1.54) is 23.9 Å². The highest BCUT2D eigenvalue weighted by atomic mass is 32.1. The van der Waals surface area contributed by atoms with E-state index >= 15 is 0 Å². The highest BCUT2D eigenvalue weighted by molar-refractivity contribution is 7.80. The highest BCUT2D eigenvalue weighted by Gasteiger charge is 2.32. The molecule has 3 heterocycles. The van der Waals surface area contributed by atoms with Crippen LogP contribution in [0.25, 0.3) is 22.3 Å². The molecule has 12 heteroatoms. The maximum atomic E-state index is 12.5. The van der Waals surface area contributed by atoms with Crippen molar-refractivity contribution < 1.29 is 23.1 Å². The third kappa shape index (κ3) is 6.84. The number of nitrogens with zero attached hydrogens (tertiary/aromatic N) is 3. The number of carbonyl (C=O) groups excluding carboxylic acids is 1. The van der Waals surface area contributed by atoms with Gasteiger partial charge in [0.25, 0.3) is 0 Å². The first-order valence-electron chi connectivity index (χ1n) is 10.6. The summed E-state index contributed by atoms with van der Waals surface area (Å²) in [5.74, 6) is 0.458. The van der Waals surface area contributed by atoms with E-state index in [4.69, 9.17) is 36.3 Å². The lowest BCUT2D eigenvalue weighted by molar-refractivity contribution is -0.0710. The van der Waals surface area contributed by atoms with Crippen molar-refractivity contribution in [3.63, 3.8) is 0 Å². The van der Waals surface area contributed by atoms with E-state index in [2.05, 4.69) is 20.3 Å². The molecule has 0 saturated carbocycles. The maximum absolute atomic E-state index is 12.5. The van der Waals surface area contributed by atoms with Gasteiger partial charge in [0.05, 0.1) is 11.7 Å². The van der Waals surface area contributed by atoms with Crippen LogP contribution in [-0.2, 0) is 9.47 Å². The van der Waals surface area contributed by atoms with Gasteiger partial charge >= 0.3 is 6.09 Å². The SMILES string of the molecule is C[C@@H](OC(C)(C)C)[C@H](NC(=O)OC(C)(C)C)c1nc(-c2nc(-c3nc(C(N)=S)cs3)co2)co1. The molecule has 10 nitrogen and oxygen atoms in total. The fraction of sp³-hybridized carbons (Fsp3) is 0.500. The second kappa shape index (κ2) is 9.80. The van der Waals surface area contributed by atoms with Crippen molar-refractivity contribution in [3.8, 4) is 22.3 Å². The van der Waals surface area contributed by atoms with Crippen LogP contribution in [-0.4, -0.2) is 43.3 Å². The van der Waals surface area contributed by atoms with Crippen LogP contribution in [0.5, 0.6) is 0 Å². The number of nitrogens with one attached hydrogen (secondary N) is 1. The minimum Gasteiger partial charge on any atom is -0.446 e. The number of carbonyl (C=O) groups is 1. The van der Waals surface area contributed by atoms with Gasteiger partial charge in [-0.25, -0.2) is 19.7 Å². The maximum Gasteiger partial charge on any atom is 0.408 e. The normalized spacial score (nSPS) is 14.0. The van der Waals surface area contributed by atoms with Gasteiger partial charge in [0.2, 0.25) is 11.8 Å². The first-order chi connectivity index (χ1) is 15.7. The van der Waals surface area contributed by atoms with Crippen LogP contribution in [0.15, 0.2) is 26.7 Å². The molecule has 0 fully saturated rings. The van der Waals surface area contributed by atoms with Crippen LogP contribution >= 0.6 is 23.6 Å². The summed E-state index contributed by atoms with van der Waals surface area (Å²) in [4.78, 5) is 26.0. The van der Waals surface area contributed by atoms with Gasteiger partial charge in [-0.2, -0.15) is 0 Å². The minimum absolute atomic E-state index is 0.211.